The average Bonchev–Trinajstić information content (AvgIpc) is 2.28. The highest BCUT2D eigenvalue weighted by atomic mass is 19.4. The average molecular weight is 289 g/mol. The molecule has 0 aliphatic carbocycles. The number of rotatable bonds is 5. The third-order valence-corrected chi connectivity index (χ3v) is 2.32. The monoisotopic (exact) mass is 289 g/mol. The normalized spacial score (nSPS) is 12.6. The number of hydrogen-bond acceptors (Lipinski definition) is 3. The van der Waals surface area contributed by atoms with Gasteiger partial charge in [0.2, 0.25) is 5.70 Å². The molecular weight excluding hydrogens is 275 g/mol. The van der Waals surface area contributed by atoms with Crippen molar-refractivity contribution < 1.29 is 22.8 Å². The summed E-state index contributed by atoms with van der Waals surface area (Å²) in [6.07, 6.45) is -3.56. The van der Waals surface area contributed by atoms with Gasteiger partial charge in [-0.25, -0.2) is 0 Å². The van der Waals surface area contributed by atoms with Crippen molar-refractivity contribution in [3.63, 3.8) is 0 Å². The predicted molar refractivity (Wildman–Crippen MR) is 67.6 cm³/mol. The van der Waals surface area contributed by atoms with Gasteiger partial charge >= 0.3 is 6.36 Å². The molecule has 0 unspecified atom stereocenters. The summed E-state index contributed by atoms with van der Waals surface area (Å²) in [5, 5.41) is 10.9. The van der Waals surface area contributed by atoms with Gasteiger partial charge in [-0.05, 0) is 12.0 Å². The molecule has 0 aromatic heterocycles. The number of nitrogens with zero attached hydrogens (tertiary/aromatic N) is 1. The molecule has 0 atom stereocenters. The van der Waals surface area contributed by atoms with Crippen LogP contribution in [0.3, 0.4) is 0 Å². The molecule has 0 saturated heterocycles. The van der Waals surface area contributed by atoms with Crippen molar-refractivity contribution in [3.8, 4) is 5.75 Å². The molecule has 0 aliphatic rings. The Morgan fingerprint density at radius 1 is 1.40 bits per heavy atom. The first kappa shape index (κ1) is 16.0. The van der Waals surface area contributed by atoms with E-state index in [4.69, 9.17) is 0 Å². The van der Waals surface area contributed by atoms with Crippen LogP contribution in [0.5, 0.6) is 5.75 Å². The molecule has 110 valence electrons. The summed E-state index contributed by atoms with van der Waals surface area (Å²) in [7, 11) is 0. The zero-order valence-corrected chi connectivity index (χ0v) is 11.0. The number of allylic oxidation sites excluding steroid dienone is 1. The molecule has 0 saturated carbocycles. The first-order valence-electron chi connectivity index (χ1n) is 5.89. The van der Waals surface area contributed by atoms with Gasteiger partial charge in [0.15, 0.2) is 0 Å². The van der Waals surface area contributed by atoms with E-state index in [0.717, 1.165) is 12.1 Å². The van der Waals surface area contributed by atoms with Crippen LogP contribution in [0.4, 0.5) is 13.2 Å². The fraction of sp³-hybridized carbons (Fsp3) is 0.385. The number of halogens is 3. The smallest absolute Gasteiger partial charge is 0.405 e. The Morgan fingerprint density at radius 3 is 2.50 bits per heavy atom. The number of hydrogen-bond donors (Lipinski definition) is 0. The van der Waals surface area contributed by atoms with Gasteiger partial charge in [-0.15, -0.1) is 13.2 Å². The third-order valence-electron chi connectivity index (χ3n) is 2.32. The van der Waals surface area contributed by atoms with Crippen LogP contribution in [0.15, 0.2) is 30.0 Å². The van der Waals surface area contributed by atoms with Gasteiger partial charge in [0.05, 0.1) is 4.92 Å². The summed E-state index contributed by atoms with van der Waals surface area (Å²) in [6, 6.07) is 5.31. The number of para-hydroxylation sites is 1. The zero-order chi connectivity index (χ0) is 15.3. The van der Waals surface area contributed by atoms with Gasteiger partial charge in [0.1, 0.15) is 5.75 Å². The van der Waals surface area contributed by atoms with Crippen molar-refractivity contribution in [3.05, 3.63) is 45.6 Å². The zero-order valence-electron chi connectivity index (χ0n) is 11.0. The van der Waals surface area contributed by atoms with Crippen molar-refractivity contribution in [2.45, 2.75) is 26.6 Å². The minimum atomic E-state index is -4.84. The van der Waals surface area contributed by atoms with E-state index in [1.54, 1.807) is 13.8 Å². The largest absolute Gasteiger partial charge is 0.573 e. The second-order valence-electron chi connectivity index (χ2n) is 4.58. The van der Waals surface area contributed by atoms with E-state index in [1.165, 1.54) is 18.2 Å². The van der Waals surface area contributed by atoms with Gasteiger partial charge in [-0.1, -0.05) is 32.0 Å². The van der Waals surface area contributed by atoms with Gasteiger partial charge in [0, 0.05) is 18.1 Å². The standard InChI is InChI=1S/C13H14F3NO3/c1-9(2)7-11(17(18)19)8-10-5-3-4-6-12(10)20-13(14,15)16/h3-6,8-9H,7H2,1-2H3. The summed E-state index contributed by atoms with van der Waals surface area (Å²) in [5.74, 6) is -0.439. The second-order valence-corrected chi connectivity index (χ2v) is 4.58. The number of ether oxygens (including phenoxy) is 1. The minimum Gasteiger partial charge on any atom is -0.405 e. The van der Waals surface area contributed by atoms with E-state index in [-0.39, 0.29) is 23.6 Å². The van der Waals surface area contributed by atoms with Crippen LogP contribution >= 0.6 is 0 Å². The summed E-state index contributed by atoms with van der Waals surface area (Å²) < 4.78 is 40.6. The van der Waals surface area contributed by atoms with Gasteiger partial charge in [-0.3, -0.25) is 10.1 Å². The molecule has 0 fully saturated rings. The highest BCUT2D eigenvalue weighted by Gasteiger charge is 2.32. The van der Waals surface area contributed by atoms with Crippen LogP contribution in [0, 0.1) is 16.0 Å². The van der Waals surface area contributed by atoms with Gasteiger partial charge in [-0.2, -0.15) is 0 Å². The Bertz CT molecular complexity index is 510. The fourth-order valence-electron chi connectivity index (χ4n) is 1.60. The van der Waals surface area contributed by atoms with E-state index in [1.807, 2.05) is 0 Å². The molecule has 1 aromatic carbocycles. The van der Waals surface area contributed by atoms with Crippen LogP contribution in [0.1, 0.15) is 25.8 Å². The topological polar surface area (TPSA) is 52.4 Å². The molecule has 0 N–H and O–H groups in total. The summed E-state index contributed by atoms with van der Waals surface area (Å²) in [4.78, 5) is 10.3. The molecule has 4 nitrogen and oxygen atoms in total. The molecule has 0 amide bonds. The Labute approximate surface area is 114 Å². The highest BCUT2D eigenvalue weighted by Crippen LogP contribution is 2.28. The molecule has 1 rings (SSSR count). The number of nitro groups is 1. The quantitative estimate of drug-likeness (QED) is 0.601. The van der Waals surface area contributed by atoms with Crippen LogP contribution in [-0.4, -0.2) is 11.3 Å². The van der Waals surface area contributed by atoms with Crippen LogP contribution in [0.2, 0.25) is 0 Å². The fourth-order valence-corrected chi connectivity index (χ4v) is 1.60. The highest BCUT2D eigenvalue weighted by molar-refractivity contribution is 5.58. The maximum atomic E-state index is 12.3. The molecule has 1 aromatic rings. The number of benzene rings is 1. The molecular formula is C13H14F3NO3. The van der Waals surface area contributed by atoms with E-state index in [0.29, 0.717) is 0 Å². The minimum absolute atomic E-state index is 0.0161. The lowest BCUT2D eigenvalue weighted by Gasteiger charge is -2.11. The van der Waals surface area contributed by atoms with Crippen molar-refractivity contribution in [2.24, 2.45) is 5.92 Å². The van der Waals surface area contributed by atoms with Crippen LogP contribution in [-0.2, 0) is 0 Å². The SMILES string of the molecule is CC(C)CC(=Cc1ccccc1OC(F)(F)F)[N+](=O)[O-]. The van der Waals surface area contributed by atoms with Crippen molar-refractivity contribution in [1.29, 1.82) is 0 Å². The van der Waals surface area contributed by atoms with Gasteiger partial charge in [0.25, 0.3) is 0 Å². The van der Waals surface area contributed by atoms with E-state index in [2.05, 4.69) is 4.74 Å². The predicted octanol–water partition coefficient (Wildman–Crippen LogP) is 4.25. The molecule has 0 bridgehead atoms. The molecule has 0 heterocycles. The van der Waals surface area contributed by atoms with Crippen molar-refractivity contribution in [1.82, 2.24) is 0 Å². The lowest BCUT2D eigenvalue weighted by Crippen LogP contribution is -2.17. The van der Waals surface area contributed by atoms with Gasteiger partial charge < -0.3 is 4.74 Å². The van der Waals surface area contributed by atoms with E-state index in [9.17, 15) is 23.3 Å². The third kappa shape index (κ3) is 5.29. The molecule has 0 aliphatic heterocycles. The first-order valence-corrected chi connectivity index (χ1v) is 5.89. The Hall–Kier alpha value is -2.05. The van der Waals surface area contributed by atoms with Crippen LogP contribution in [0.25, 0.3) is 6.08 Å². The summed E-state index contributed by atoms with van der Waals surface area (Å²) in [5.41, 5.74) is -0.129. The lowest BCUT2D eigenvalue weighted by atomic mass is 10.1. The van der Waals surface area contributed by atoms with Crippen molar-refractivity contribution >= 4 is 6.08 Å². The number of alkyl halides is 3. The Balaban J connectivity index is 3.14. The lowest BCUT2D eigenvalue weighted by molar-refractivity contribution is -0.427. The maximum Gasteiger partial charge on any atom is 0.573 e. The van der Waals surface area contributed by atoms with E-state index < -0.39 is 17.0 Å². The molecule has 20 heavy (non-hydrogen) atoms. The second kappa shape index (κ2) is 6.40. The molecule has 7 heteroatoms. The molecule has 0 spiro atoms. The Kier molecular flexibility index (Phi) is 5.12. The summed E-state index contributed by atoms with van der Waals surface area (Å²) in [6.45, 7) is 3.57. The van der Waals surface area contributed by atoms with Crippen LogP contribution < -0.4 is 4.74 Å². The maximum absolute atomic E-state index is 12.3. The molecule has 0 radical (unpaired) electrons. The van der Waals surface area contributed by atoms with Crippen molar-refractivity contribution in [2.75, 3.05) is 0 Å². The van der Waals surface area contributed by atoms with E-state index >= 15 is 0 Å². The summed E-state index contributed by atoms with van der Waals surface area (Å²) >= 11 is 0. The Morgan fingerprint density at radius 2 is 2.00 bits per heavy atom. The first-order chi connectivity index (χ1) is 9.19.